The van der Waals surface area contributed by atoms with Crippen molar-refractivity contribution < 1.29 is 0 Å². The third-order valence-electron chi connectivity index (χ3n) is 2.73. The molecular weight excluding hydrogens is 188 g/mol. The first-order valence-electron chi connectivity index (χ1n) is 5.48. The monoisotopic (exact) mass is 210 g/mol. The van der Waals surface area contributed by atoms with Gasteiger partial charge in [-0.1, -0.05) is 0 Å². The van der Waals surface area contributed by atoms with Crippen LogP contribution in [0.2, 0.25) is 0 Å². The molecule has 1 rings (SSSR count). The Balaban J connectivity index is 2.15. The summed E-state index contributed by atoms with van der Waals surface area (Å²) in [7, 11) is 4.16. The van der Waals surface area contributed by atoms with Crippen LogP contribution in [-0.2, 0) is 13.6 Å². The zero-order chi connectivity index (χ0) is 11.3. The van der Waals surface area contributed by atoms with E-state index in [1.807, 2.05) is 24.0 Å². The van der Waals surface area contributed by atoms with Crippen molar-refractivity contribution in [3.8, 4) is 0 Å². The van der Waals surface area contributed by atoms with Gasteiger partial charge in [0.05, 0.1) is 6.54 Å². The van der Waals surface area contributed by atoms with Crippen LogP contribution in [0.15, 0.2) is 12.4 Å². The van der Waals surface area contributed by atoms with Crippen molar-refractivity contribution in [3.05, 3.63) is 18.2 Å². The van der Waals surface area contributed by atoms with Crippen molar-refractivity contribution in [1.29, 1.82) is 0 Å². The van der Waals surface area contributed by atoms with Crippen molar-refractivity contribution in [2.45, 2.75) is 26.4 Å². The second-order valence-electron chi connectivity index (χ2n) is 4.21. The second kappa shape index (κ2) is 5.88. The molecule has 4 heteroatoms. The molecule has 86 valence electrons. The van der Waals surface area contributed by atoms with E-state index in [-0.39, 0.29) is 0 Å². The first-order valence-corrected chi connectivity index (χ1v) is 5.48. The molecule has 1 N–H and O–H groups in total. The summed E-state index contributed by atoms with van der Waals surface area (Å²) in [4.78, 5) is 6.58. The number of aryl methyl sites for hydroxylation is 1. The van der Waals surface area contributed by atoms with Gasteiger partial charge in [0, 0.05) is 38.6 Å². The normalized spacial score (nSPS) is 11.6. The Hall–Kier alpha value is -0.870. The summed E-state index contributed by atoms with van der Waals surface area (Å²) in [5, 5.41) is 3.39. The minimum Gasteiger partial charge on any atom is -0.337 e. The van der Waals surface area contributed by atoms with E-state index in [4.69, 9.17) is 0 Å². The quantitative estimate of drug-likeness (QED) is 0.707. The predicted molar refractivity (Wildman–Crippen MR) is 62.7 cm³/mol. The number of aromatic nitrogens is 2. The Kier molecular flexibility index (Phi) is 4.78. The molecule has 0 saturated carbocycles. The predicted octanol–water partition coefficient (Wildman–Crippen LogP) is 0.850. The minimum absolute atomic E-state index is 0.611. The molecule has 0 aliphatic rings. The number of nitrogens with zero attached hydrogens (tertiary/aromatic N) is 3. The van der Waals surface area contributed by atoms with Crippen molar-refractivity contribution in [2.24, 2.45) is 7.05 Å². The summed E-state index contributed by atoms with van der Waals surface area (Å²) in [6.45, 7) is 7.33. The molecule has 0 spiro atoms. The molecule has 1 aromatic rings. The van der Waals surface area contributed by atoms with Gasteiger partial charge in [0.1, 0.15) is 5.82 Å². The van der Waals surface area contributed by atoms with Gasteiger partial charge in [0.2, 0.25) is 0 Å². The van der Waals surface area contributed by atoms with Gasteiger partial charge in [-0.2, -0.15) is 0 Å². The third kappa shape index (κ3) is 4.01. The summed E-state index contributed by atoms with van der Waals surface area (Å²) < 4.78 is 2.04. The Labute approximate surface area is 92.3 Å². The standard InChI is InChI=1S/C11H22N4/c1-10(2)14(3)7-5-12-9-11-13-6-8-15(11)4/h6,8,10,12H,5,7,9H2,1-4H3. The molecule has 0 unspecified atom stereocenters. The van der Waals surface area contributed by atoms with E-state index in [0.29, 0.717) is 6.04 Å². The summed E-state index contributed by atoms with van der Waals surface area (Å²) in [6.07, 6.45) is 3.80. The average molecular weight is 210 g/mol. The van der Waals surface area contributed by atoms with Gasteiger partial charge in [0.25, 0.3) is 0 Å². The van der Waals surface area contributed by atoms with Crippen LogP contribution in [0.4, 0.5) is 0 Å². The number of hydrogen-bond donors (Lipinski definition) is 1. The molecule has 1 heterocycles. The van der Waals surface area contributed by atoms with Crippen LogP contribution in [0.3, 0.4) is 0 Å². The van der Waals surface area contributed by atoms with Crippen molar-refractivity contribution in [1.82, 2.24) is 19.8 Å². The molecule has 0 radical (unpaired) electrons. The lowest BCUT2D eigenvalue weighted by Gasteiger charge is -2.20. The Morgan fingerprint density at radius 3 is 2.80 bits per heavy atom. The van der Waals surface area contributed by atoms with E-state index in [1.165, 1.54) is 0 Å². The van der Waals surface area contributed by atoms with Crippen molar-refractivity contribution >= 4 is 0 Å². The molecule has 0 aliphatic carbocycles. The number of imidazole rings is 1. The molecule has 15 heavy (non-hydrogen) atoms. The number of rotatable bonds is 6. The molecule has 0 amide bonds. The van der Waals surface area contributed by atoms with E-state index in [1.54, 1.807) is 0 Å². The van der Waals surface area contributed by atoms with Gasteiger partial charge in [-0.3, -0.25) is 0 Å². The molecule has 0 atom stereocenters. The van der Waals surface area contributed by atoms with Crippen LogP contribution in [-0.4, -0.2) is 40.6 Å². The maximum atomic E-state index is 4.25. The lowest BCUT2D eigenvalue weighted by molar-refractivity contribution is 0.273. The highest BCUT2D eigenvalue weighted by molar-refractivity contribution is 4.90. The molecule has 0 aromatic carbocycles. The molecule has 4 nitrogen and oxygen atoms in total. The number of likely N-dealkylation sites (N-methyl/N-ethyl adjacent to an activating group) is 1. The molecule has 1 aromatic heterocycles. The summed E-state index contributed by atoms with van der Waals surface area (Å²) >= 11 is 0. The highest BCUT2D eigenvalue weighted by Gasteiger charge is 2.02. The van der Waals surface area contributed by atoms with E-state index < -0.39 is 0 Å². The topological polar surface area (TPSA) is 33.1 Å². The van der Waals surface area contributed by atoms with Gasteiger partial charge in [-0.05, 0) is 20.9 Å². The fraction of sp³-hybridized carbons (Fsp3) is 0.727. The molecular formula is C11H22N4. The lowest BCUT2D eigenvalue weighted by atomic mass is 10.3. The second-order valence-corrected chi connectivity index (χ2v) is 4.21. The van der Waals surface area contributed by atoms with Crippen LogP contribution in [0.5, 0.6) is 0 Å². The summed E-state index contributed by atoms with van der Waals surface area (Å²) in [5.41, 5.74) is 0. The number of nitrogens with one attached hydrogen (secondary N) is 1. The van der Waals surface area contributed by atoms with Gasteiger partial charge < -0.3 is 14.8 Å². The number of hydrogen-bond acceptors (Lipinski definition) is 3. The fourth-order valence-corrected chi connectivity index (χ4v) is 1.28. The maximum Gasteiger partial charge on any atom is 0.122 e. The fourth-order valence-electron chi connectivity index (χ4n) is 1.28. The largest absolute Gasteiger partial charge is 0.337 e. The molecule has 0 aliphatic heterocycles. The van der Waals surface area contributed by atoms with Crippen LogP contribution in [0.1, 0.15) is 19.7 Å². The molecule has 0 bridgehead atoms. The third-order valence-corrected chi connectivity index (χ3v) is 2.73. The highest BCUT2D eigenvalue weighted by atomic mass is 15.1. The van der Waals surface area contributed by atoms with Gasteiger partial charge in [-0.15, -0.1) is 0 Å². The van der Waals surface area contributed by atoms with E-state index in [0.717, 1.165) is 25.5 Å². The SMILES string of the molecule is CC(C)N(C)CCNCc1nccn1C. The molecule has 0 fully saturated rings. The van der Waals surface area contributed by atoms with E-state index >= 15 is 0 Å². The van der Waals surface area contributed by atoms with Crippen LogP contribution < -0.4 is 5.32 Å². The van der Waals surface area contributed by atoms with Gasteiger partial charge in [-0.25, -0.2) is 4.98 Å². The van der Waals surface area contributed by atoms with Gasteiger partial charge >= 0.3 is 0 Å². The van der Waals surface area contributed by atoms with E-state index in [9.17, 15) is 0 Å². The maximum absolute atomic E-state index is 4.25. The zero-order valence-corrected chi connectivity index (χ0v) is 10.2. The van der Waals surface area contributed by atoms with Crippen LogP contribution in [0.25, 0.3) is 0 Å². The average Bonchev–Trinajstić information content (AvgIpc) is 2.58. The van der Waals surface area contributed by atoms with E-state index in [2.05, 4.69) is 36.1 Å². The smallest absolute Gasteiger partial charge is 0.122 e. The Morgan fingerprint density at radius 1 is 1.53 bits per heavy atom. The van der Waals surface area contributed by atoms with Crippen molar-refractivity contribution in [2.75, 3.05) is 20.1 Å². The first-order chi connectivity index (χ1) is 7.11. The summed E-state index contributed by atoms with van der Waals surface area (Å²) in [6, 6.07) is 0.611. The van der Waals surface area contributed by atoms with Crippen molar-refractivity contribution in [3.63, 3.8) is 0 Å². The Bertz CT molecular complexity index is 280. The van der Waals surface area contributed by atoms with Gasteiger partial charge in [0.15, 0.2) is 0 Å². The minimum atomic E-state index is 0.611. The highest BCUT2D eigenvalue weighted by Crippen LogP contribution is 1.94. The van der Waals surface area contributed by atoms with Crippen LogP contribution in [0, 0.1) is 0 Å². The molecule has 0 saturated heterocycles. The lowest BCUT2D eigenvalue weighted by Crippen LogP contribution is -2.33. The summed E-state index contributed by atoms with van der Waals surface area (Å²) in [5.74, 6) is 1.09. The Morgan fingerprint density at radius 2 is 2.27 bits per heavy atom. The zero-order valence-electron chi connectivity index (χ0n) is 10.2. The van der Waals surface area contributed by atoms with Crippen LogP contribution >= 0.6 is 0 Å². The first kappa shape index (κ1) is 12.2.